The second kappa shape index (κ2) is 10.5. The molecule has 2 amide bonds. The molecule has 2 atom stereocenters. The van der Waals surface area contributed by atoms with E-state index in [-0.39, 0.29) is 30.5 Å². The van der Waals surface area contributed by atoms with Crippen molar-refractivity contribution in [3.8, 4) is 0 Å². The predicted octanol–water partition coefficient (Wildman–Crippen LogP) is 2.95. The number of hydrogen-bond donors (Lipinski definition) is 3. The Morgan fingerprint density at radius 2 is 1.86 bits per heavy atom. The summed E-state index contributed by atoms with van der Waals surface area (Å²) in [5.74, 6) is -0.452. The van der Waals surface area contributed by atoms with E-state index in [9.17, 15) is 14.4 Å². The molecule has 0 saturated carbocycles. The van der Waals surface area contributed by atoms with Crippen LogP contribution in [0.5, 0.6) is 0 Å². The molecule has 0 aliphatic heterocycles. The molecule has 0 radical (unpaired) electrons. The zero-order valence-electron chi connectivity index (χ0n) is 17.4. The maximum absolute atomic E-state index is 12.7. The molecule has 0 aliphatic rings. The largest absolute Gasteiger partial charge is 0.445 e. The summed E-state index contributed by atoms with van der Waals surface area (Å²) >= 11 is 0. The molecule has 3 N–H and O–H groups in total. The van der Waals surface area contributed by atoms with E-state index >= 15 is 0 Å². The number of H-pyrrole nitrogens is 1. The fourth-order valence-electron chi connectivity index (χ4n) is 2.98. The first-order valence-corrected chi connectivity index (χ1v) is 9.76. The van der Waals surface area contributed by atoms with Crippen LogP contribution in [0.3, 0.4) is 0 Å². The van der Waals surface area contributed by atoms with Crippen LogP contribution in [0.15, 0.2) is 41.2 Å². The number of ether oxygens (including phenoxy) is 1. The van der Waals surface area contributed by atoms with Crippen LogP contribution in [0.25, 0.3) is 0 Å². The SMILES string of the molecule is CC[C@H](C)[C@H](NC(=O)OCc1ccccc1)C(=O)NCc1c(C)cc(C)[nH]c1=O. The molecular weight excluding hydrogens is 370 g/mol. The van der Waals surface area contributed by atoms with Crippen molar-refractivity contribution in [1.82, 2.24) is 15.6 Å². The minimum atomic E-state index is -0.756. The van der Waals surface area contributed by atoms with Gasteiger partial charge in [0.15, 0.2) is 0 Å². The van der Waals surface area contributed by atoms with Crippen LogP contribution >= 0.6 is 0 Å². The normalized spacial score (nSPS) is 12.7. The fraction of sp³-hybridized carbons (Fsp3) is 0.409. The van der Waals surface area contributed by atoms with E-state index in [4.69, 9.17) is 4.74 Å². The van der Waals surface area contributed by atoms with E-state index in [2.05, 4.69) is 15.6 Å². The van der Waals surface area contributed by atoms with Crippen LogP contribution in [0.1, 0.15) is 42.7 Å². The van der Waals surface area contributed by atoms with E-state index in [1.54, 1.807) is 6.92 Å². The van der Waals surface area contributed by atoms with Crippen LogP contribution in [0, 0.1) is 19.8 Å². The average Bonchev–Trinajstić information content (AvgIpc) is 2.69. The summed E-state index contributed by atoms with van der Waals surface area (Å²) in [6.45, 7) is 7.67. The Kier molecular flexibility index (Phi) is 8.00. The van der Waals surface area contributed by atoms with Crippen molar-refractivity contribution in [2.45, 2.75) is 53.3 Å². The number of rotatable bonds is 8. The number of aromatic nitrogens is 1. The molecule has 1 heterocycles. The maximum Gasteiger partial charge on any atom is 0.408 e. The van der Waals surface area contributed by atoms with Gasteiger partial charge in [-0.05, 0) is 37.0 Å². The zero-order chi connectivity index (χ0) is 21.4. The molecule has 29 heavy (non-hydrogen) atoms. The molecule has 2 aromatic rings. The van der Waals surface area contributed by atoms with Crippen LogP contribution in [0.4, 0.5) is 4.79 Å². The molecule has 0 fully saturated rings. The Morgan fingerprint density at radius 3 is 2.48 bits per heavy atom. The number of amides is 2. The molecule has 1 aromatic heterocycles. The minimum absolute atomic E-state index is 0.0912. The highest BCUT2D eigenvalue weighted by atomic mass is 16.5. The minimum Gasteiger partial charge on any atom is -0.445 e. The van der Waals surface area contributed by atoms with Gasteiger partial charge in [0.2, 0.25) is 5.91 Å². The zero-order valence-corrected chi connectivity index (χ0v) is 17.4. The third kappa shape index (κ3) is 6.48. The lowest BCUT2D eigenvalue weighted by atomic mass is 9.98. The van der Waals surface area contributed by atoms with E-state index in [1.807, 2.05) is 57.2 Å². The number of hydrogen-bond acceptors (Lipinski definition) is 4. The van der Waals surface area contributed by atoms with Gasteiger partial charge in [-0.1, -0.05) is 50.6 Å². The Hall–Kier alpha value is -3.09. The molecule has 0 bridgehead atoms. The molecule has 1 aromatic carbocycles. The van der Waals surface area contributed by atoms with Gasteiger partial charge in [-0.25, -0.2) is 4.79 Å². The third-order valence-corrected chi connectivity index (χ3v) is 4.91. The van der Waals surface area contributed by atoms with E-state index < -0.39 is 12.1 Å². The number of carbonyl (C=O) groups is 2. The molecule has 7 nitrogen and oxygen atoms in total. The highest BCUT2D eigenvalue weighted by molar-refractivity contribution is 5.85. The van der Waals surface area contributed by atoms with Gasteiger partial charge in [0.05, 0.1) is 0 Å². The molecule has 2 rings (SSSR count). The summed E-state index contributed by atoms with van der Waals surface area (Å²) in [5.41, 5.74) is 2.71. The second-order valence-corrected chi connectivity index (χ2v) is 7.23. The Morgan fingerprint density at radius 1 is 1.17 bits per heavy atom. The summed E-state index contributed by atoms with van der Waals surface area (Å²) < 4.78 is 5.23. The summed E-state index contributed by atoms with van der Waals surface area (Å²) in [5, 5.41) is 5.42. The van der Waals surface area contributed by atoms with Gasteiger partial charge in [-0.2, -0.15) is 0 Å². The fourth-order valence-corrected chi connectivity index (χ4v) is 2.98. The summed E-state index contributed by atoms with van der Waals surface area (Å²) in [4.78, 5) is 39.8. The average molecular weight is 399 g/mol. The van der Waals surface area contributed by atoms with Crippen LogP contribution in [-0.2, 0) is 22.7 Å². The second-order valence-electron chi connectivity index (χ2n) is 7.23. The predicted molar refractivity (Wildman–Crippen MR) is 111 cm³/mol. The third-order valence-electron chi connectivity index (χ3n) is 4.91. The summed E-state index contributed by atoms with van der Waals surface area (Å²) in [7, 11) is 0. The van der Waals surface area contributed by atoms with Crippen molar-refractivity contribution in [2.75, 3.05) is 0 Å². The number of benzene rings is 1. The molecule has 0 unspecified atom stereocenters. The van der Waals surface area contributed by atoms with Crippen molar-refractivity contribution in [3.63, 3.8) is 0 Å². The summed E-state index contributed by atoms with van der Waals surface area (Å²) in [6, 6.07) is 10.4. The monoisotopic (exact) mass is 399 g/mol. The van der Waals surface area contributed by atoms with E-state index in [1.165, 1.54) is 0 Å². The van der Waals surface area contributed by atoms with E-state index in [0.717, 1.165) is 16.8 Å². The van der Waals surface area contributed by atoms with Crippen LogP contribution in [0.2, 0.25) is 0 Å². The van der Waals surface area contributed by atoms with Crippen LogP contribution in [-0.4, -0.2) is 23.0 Å². The lowest BCUT2D eigenvalue weighted by Gasteiger charge is -2.23. The molecule has 0 saturated heterocycles. The standard InChI is InChI=1S/C22H29N3O4/c1-5-14(2)19(25-22(28)29-13-17-9-7-6-8-10-17)21(27)23-12-18-15(3)11-16(4)24-20(18)26/h6-11,14,19H,5,12-13H2,1-4H3,(H,23,27)(H,24,26)(H,25,28)/t14-,19-/m0/s1. The van der Waals surface area contributed by atoms with Gasteiger partial charge in [-0.15, -0.1) is 0 Å². The van der Waals surface area contributed by atoms with Gasteiger partial charge >= 0.3 is 6.09 Å². The molecule has 0 aliphatic carbocycles. The van der Waals surface area contributed by atoms with Gasteiger partial charge in [-0.3, -0.25) is 9.59 Å². The van der Waals surface area contributed by atoms with Crippen molar-refractivity contribution in [2.24, 2.45) is 5.92 Å². The Bertz CT molecular complexity index is 893. The highest BCUT2D eigenvalue weighted by Gasteiger charge is 2.26. The van der Waals surface area contributed by atoms with E-state index in [0.29, 0.717) is 12.0 Å². The smallest absolute Gasteiger partial charge is 0.408 e. The van der Waals surface area contributed by atoms with Gasteiger partial charge in [0, 0.05) is 17.8 Å². The molecule has 156 valence electrons. The maximum atomic E-state index is 12.7. The Balaban J connectivity index is 1.99. The van der Waals surface area contributed by atoms with Crippen molar-refractivity contribution >= 4 is 12.0 Å². The summed E-state index contributed by atoms with van der Waals surface area (Å²) in [6.07, 6.45) is 0.0416. The molecule has 0 spiro atoms. The van der Waals surface area contributed by atoms with Gasteiger partial charge < -0.3 is 20.4 Å². The van der Waals surface area contributed by atoms with Crippen molar-refractivity contribution < 1.29 is 14.3 Å². The number of pyridine rings is 1. The van der Waals surface area contributed by atoms with Crippen LogP contribution < -0.4 is 16.2 Å². The number of alkyl carbamates (subject to hydrolysis) is 1. The number of nitrogens with one attached hydrogen (secondary N) is 3. The van der Waals surface area contributed by atoms with Crippen molar-refractivity contribution in [3.05, 3.63) is 69.1 Å². The highest BCUT2D eigenvalue weighted by Crippen LogP contribution is 2.10. The van der Waals surface area contributed by atoms with Crippen molar-refractivity contribution in [1.29, 1.82) is 0 Å². The lowest BCUT2D eigenvalue weighted by molar-refractivity contribution is -0.124. The van der Waals surface area contributed by atoms with Gasteiger partial charge in [0.1, 0.15) is 12.6 Å². The quantitative estimate of drug-likeness (QED) is 0.635. The number of aromatic amines is 1. The first-order valence-electron chi connectivity index (χ1n) is 9.76. The number of aryl methyl sites for hydroxylation is 2. The Labute approximate surface area is 170 Å². The lowest BCUT2D eigenvalue weighted by Crippen LogP contribution is -2.50. The first kappa shape index (κ1) is 22.2. The van der Waals surface area contributed by atoms with Gasteiger partial charge in [0.25, 0.3) is 5.56 Å². The number of carbonyl (C=O) groups excluding carboxylic acids is 2. The topological polar surface area (TPSA) is 100 Å². The first-order chi connectivity index (χ1) is 13.8. The molecular formula is C22H29N3O4. The molecule has 7 heteroatoms.